The van der Waals surface area contributed by atoms with Gasteiger partial charge in [0.25, 0.3) is 0 Å². The van der Waals surface area contributed by atoms with Gasteiger partial charge in [-0.15, -0.1) is 0 Å². The van der Waals surface area contributed by atoms with Gasteiger partial charge in [0.1, 0.15) is 0 Å². The maximum absolute atomic E-state index is 4.39. The van der Waals surface area contributed by atoms with Crippen LogP contribution in [-0.4, -0.2) is 36.1 Å². The van der Waals surface area contributed by atoms with Crippen LogP contribution in [0.3, 0.4) is 0 Å². The van der Waals surface area contributed by atoms with Crippen molar-refractivity contribution in [2.45, 2.75) is 26.3 Å². The fraction of sp³-hybridized carbons (Fsp3) is 0.500. The van der Waals surface area contributed by atoms with E-state index < -0.39 is 0 Å². The van der Waals surface area contributed by atoms with E-state index in [-0.39, 0.29) is 0 Å². The molecule has 3 nitrogen and oxygen atoms in total. The second-order valence-electron chi connectivity index (χ2n) is 6.08. The van der Waals surface area contributed by atoms with E-state index in [9.17, 15) is 0 Å². The fourth-order valence-corrected chi connectivity index (χ4v) is 3.29. The van der Waals surface area contributed by atoms with Crippen molar-refractivity contribution in [1.82, 2.24) is 15.2 Å². The van der Waals surface area contributed by atoms with Gasteiger partial charge in [0.15, 0.2) is 0 Å². The van der Waals surface area contributed by atoms with Crippen LogP contribution >= 0.6 is 0 Å². The summed E-state index contributed by atoms with van der Waals surface area (Å²) in [4.78, 5) is 6.99. The summed E-state index contributed by atoms with van der Waals surface area (Å²) >= 11 is 0. The number of likely N-dealkylation sites (tertiary alicyclic amines) is 1. The van der Waals surface area contributed by atoms with E-state index in [1.807, 2.05) is 12.3 Å². The van der Waals surface area contributed by atoms with E-state index in [4.69, 9.17) is 0 Å². The molecule has 1 atom stereocenters. The van der Waals surface area contributed by atoms with Gasteiger partial charge in [0, 0.05) is 24.7 Å². The van der Waals surface area contributed by atoms with E-state index in [2.05, 4.69) is 46.4 Å². The molecule has 0 saturated carbocycles. The van der Waals surface area contributed by atoms with Crippen molar-refractivity contribution in [1.29, 1.82) is 0 Å². The first-order chi connectivity index (χ1) is 10.3. The number of nitrogens with one attached hydrogen (secondary N) is 1. The van der Waals surface area contributed by atoms with Gasteiger partial charge in [0.2, 0.25) is 0 Å². The Morgan fingerprint density at radius 1 is 1.33 bits per heavy atom. The molecule has 0 aliphatic carbocycles. The number of hydrogen-bond acceptors (Lipinski definition) is 3. The lowest BCUT2D eigenvalue weighted by atomic mass is 9.97. The first-order valence-corrected chi connectivity index (χ1v) is 8.12. The van der Waals surface area contributed by atoms with Gasteiger partial charge < -0.3 is 5.32 Å². The molecule has 1 aliphatic heterocycles. The van der Waals surface area contributed by atoms with Crippen LogP contribution in [0.15, 0.2) is 36.5 Å². The molecule has 1 unspecified atom stereocenters. The standard InChI is InChI=1S/C18H25N3/c1-2-19-12-16-5-4-10-21(14-16)13-15-7-8-18-17(11-15)6-3-9-20-18/h3,6-9,11,16,19H,2,4-5,10,12-14H2,1H3. The van der Waals surface area contributed by atoms with Crippen LogP contribution < -0.4 is 5.32 Å². The van der Waals surface area contributed by atoms with Crippen molar-refractivity contribution in [3.63, 3.8) is 0 Å². The van der Waals surface area contributed by atoms with Gasteiger partial charge in [-0.05, 0) is 62.2 Å². The van der Waals surface area contributed by atoms with E-state index in [0.29, 0.717) is 0 Å². The minimum absolute atomic E-state index is 0.806. The number of benzene rings is 1. The predicted octanol–water partition coefficient (Wildman–Crippen LogP) is 3.06. The molecule has 3 rings (SSSR count). The number of pyridine rings is 1. The Morgan fingerprint density at radius 3 is 3.19 bits per heavy atom. The molecular weight excluding hydrogens is 258 g/mol. The Morgan fingerprint density at radius 2 is 2.29 bits per heavy atom. The molecule has 0 radical (unpaired) electrons. The summed E-state index contributed by atoms with van der Waals surface area (Å²) < 4.78 is 0. The number of nitrogens with zero attached hydrogens (tertiary/aromatic N) is 2. The third-order valence-electron chi connectivity index (χ3n) is 4.36. The van der Waals surface area contributed by atoms with Gasteiger partial charge in [-0.25, -0.2) is 0 Å². The molecule has 1 N–H and O–H groups in total. The third-order valence-corrected chi connectivity index (χ3v) is 4.36. The van der Waals surface area contributed by atoms with E-state index in [1.54, 1.807) is 0 Å². The minimum Gasteiger partial charge on any atom is -0.317 e. The summed E-state index contributed by atoms with van der Waals surface area (Å²) in [6.45, 7) is 7.94. The van der Waals surface area contributed by atoms with Crippen LogP contribution in [0, 0.1) is 5.92 Å². The van der Waals surface area contributed by atoms with Crippen molar-refractivity contribution in [2.75, 3.05) is 26.2 Å². The molecule has 0 amide bonds. The molecule has 1 aromatic carbocycles. The van der Waals surface area contributed by atoms with Crippen LogP contribution in [0.5, 0.6) is 0 Å². The second-order valence-corrected chi connectivity index (χ2v) is 6.08. The average molecular weight is 283 g/mol. The maximum atomic E-state index is 4.39. The molecule has 3 heteroatoms. The zero-order valence-corrected chi connectivity index (χ0v) is 12.9. The molecule has 2 heterocycles. The Balaban J connectivity index is 1.64. The van der Waals surface area contributed by atoms with Crippen molar-refractivity contribution >= 4 is 10.9 Å². The topological polar surface area (TPSA) is 28.2 Å². The first kappa shape index (κ1) is 14.5. The number of piperidine rings is 1. The highest BCUT2D eigenvalue weighted by atomic mass is 15.1. The smallest absolute Gasteiger partial charge is 0.0702 e. The SMILES string of the molecule is CCNCC1CCCN(Cc2ccc3ncccc3c2)C1. The summed E-state index contributed by atoms with van der Waals surface area (Å²) in [6.07, 6.45) is 4.55. The van der Waals surface area contributed by atoms with Crippen LogP contribution in [0.1, 0.15) is 25.3 Å². The Labute approximate surface area is 127 Å². The Bertz CT molecular complexity index is 581. The lowest BCUT2D eigenvalue weighted by Crippen LogP contribution is -2.39. The lowest BCUT2D eigenvalue weighted by molar-refractivity contribution is 0.166. The zero-order valence-electron chi connectivity index (χ0n) is 12.9. The highest BCUT2D eigenvalue weighted by Gasteiger charge is 2.19. The van der Waals surface area contributed by atoms with Crippen molar-refractivity contribution in [3.8, 4) is 0 Å². The third kappa shape index (κ3) is 3.80. The van der Waals surface area contributed by atoms with Gasteiger partial charge in [-0.1, -0.05) is 19.1 Å². The summed E-state index contributed by atoms with van der Waals surface area (Å²) in [7, 11) is 0. The van der Waals surface area contributed by atoms with Crippen molar-refractivity contribution in [3.05, 3.63) is 42.1 Å². The normalized spacial score (nSPS) is 20.0. The summed E-state index contributed by atoms with van der Waals surface area (Å²) in [6, 6.07) is 10.8. The van der Waals surface area contributed by atoms with Crippen molar-refractivity contribution in [2.24, 2.45) is 5.92 Å². The fourth-order valence-electron chi connectivity index (χ4n) is 3.29. The van der Waals surface area contributed by atoms with Gasteiger partial charge in [-0.3, -0.25) is 9.88 Å². The summed E-state index contributed by atoms with van der Waals surface area (Å²) in [5, 5.41) is 4.74. The lowest BCUT2D eigenvalue weighted by Gasteiger charge is -2.33. The highest BCUT2D eigenvalue weighted by Crippen LogP contribution is 2.20. The molecule has 2 aromatic rings. The summed E-state index contributed by atoms with van der Waals surface area (Å²) in [5.41, 5.74) is 2.49. The maximum Gasteiger partial charge on any atom is 0.0702 e. The van der Waals surface area contributed by atoms with Gasteiger partial charge >= 0.3 is 0 Å². The monoisotopic (exact) mass is 283 g/mol. The van der Waals surface area contributed by atoms with Crippen LogP contribution in [0.25, 0.3) is 10.9 Å². The first-order valence-electron chi connectivity index (χ1n) is 8.12. The number of rotatable bonds is 5. The van der Waals surface area contributed by atoms with Crippen LogP contribution in [0.2, 0.25) is 0 Å². The molecule has 1 aliphatic rings. The number of aromatic nitrogens is 1. The van der Waals surface area contributed by atoms with Crippen molar-refractivity contribution < 1.29 is 0 Å². The largest absolute Gasteiger partial charge is 0.317 e. The van der Waals surface area contributed by atoms with Gasteiger partial charge in [0.05, 0.1) is 5.52 Å². The molecular formula is C18H25N3. The van der Waals surface area contributed by atoms with Crippen LogP contribution in [0.4, 0.5) is 0 Å². The molecule has 1 fully saturated rings. The van der Waals surface area contributed by atoms with E-state index >= 15 is 0 Å². The molecule has 1 aromatic heterocycles. The average Bonchev–Trinajstić information content (AvgIpc) is 2.53. The van der Waals surface area contributed by atoms with Crippen LogP contribution in [-0.2, 0) is 6.54 Å². The predicted molar refractivity (Wildman–Crippen MR) is 88.3 cm³/mol. The highest BCUT2D eigenvalue weighted by molar-refractivity contribution is 5.78. The molecule has 21 heavy (non-hydrogen) atoms. The molecule has 1 saturated heterocycles. The molecule has 112 valence electrons. The molecule has 0 spiro atoms. The number of hydrogen-bond donors (Lipinski definition) is 1. The van der Waals surface area contributed by atoms with E-state index in [0.717, 1.165) is 31.1 Å². The minimum atomic E-state index is 0.806. The second kappa shape index (κ2) is 7.01. The van der Waals surface area contributed by atoms with Gasteiger partial charge in [-0.2, -0.15) is 0 Å². The Hall–Kier alpha value is -1.45. The number of fused-ring (bicyclic) bond motifs is 1. The summed E-state index contributed by atoms with van der Waals surface area (Å²) in [5.74, 6) is 0.806. The Kier molecular flexibility index (Phi) is 4.84. The zero-order chi connectivity index (χ0) is 14.5. The quantitative estimate of drug-likeness (QED) is 0.914. The van der Waals surface area contributed by atoms with E-state index in [1.165, 1.54) is 36.9 Å². The molecule has 0 bridgehead atoms.